The molecular weight excluding hydrogens is 647 g/mol. The summed E-state index contributed by atoms with van der Waals surface area (Å²) in [5, 5.41) is 4.99. The summed E-state index contributed by atoms with van der Waals surface area (Å²) in [4.78, 5) is 12.4. The van der Waals surface area contributed by atoms with Gasteiger partial charge in [0.05, 0.1) is 33.3 Å². The number of para-hydroxylation sites is 2. The third-order valence-corrected chi connectivity index (χ3v) is 12.8. The Balaban J connectivity index is 1.18. The fourth-order valence-electron chi connectivity index (χ4n) is 10.0. The highest BCUT2D eigenvalue weighted by Crippen LogP contribution is 2.60. The average Bonchev–Trinajstić information content (AvgIpc) is 3.79. The van der Waals surface area contributed by atoms with Crippen molar-refractivity contribution in [3.63, 3.8) is 0 Å². The van der Waals surface area contributed by atoms with Gasteiger partial charge in [-0.15, -0.1) is 0 Å². The van der Waals surface area contributed by atoms with Gasteiger partial charge in [0.1, 0.15) is 5.82 Å². The van der Waals surface area contributed by atoms with Crippen molar-refractivity contribution in [1.29, 1.82) is 0 Å². The van der Waals surface area contributed by atoms with Crippen molar-refractivity contribution >= 4 is 55.1 Å². The summed E-state index contributed by atoms with van der Waals surface area (Å²) in [6.45, 7) is 4.95. The van der Waals surface area contributed by atoms with E-state index in [-0.39, 0.29) is 11.0 Å². The Hall–Kier alpha value is -6.20. The fraction of sp³-hybridized carbons (Fsp3) is 0.167. The fourth-order valence-corrected chi connectivity index (χ4v) is 10.0. The van der Waals surface area contributed by atoms with E-state index in [4.69, 9.17) is 4.98 Å². The Kier molecular flexibility index (Phi) is 6.40. The molecule has 1 saturated carbocycles. The molecule has 1 fully saturated rings. The second-order valence-electron chi connectivity index (χ2n) is 15.4. The standard InChI is InChI=1S/C48H39N5/c1-47-25-8-9-26-48(47,2)53(46-40(47)17-12-28-50-46)35-22-24-45-39(31-35)38-30-34(52-42-19-5-3-15-36(42)37-16-4-6-20-43(37)52)21-23-44(38)51(45)33-14-11-13-32(29-33)41-18-7-10-27-49-41/h3-7,10-24,27-31H,8-9,25-26H2,1-2H3. The maximum atomic E-state index is 5.08. The number of hydrogen-bond donors (Lipinski definition) is 0. The Labute approximate surface area is 308 Å². The van der Waals surface area contributed by atoms with E-state index in [2.05, 4.69) is 166 Å². The molecule has 9 aromatic rings. The summed E-state index contributed by atoms with van der Waals surface area (Å²) in [5.41, 5.74) is 11.7. The first kappa shape index (κ1) is 30.4. The zero-order chi connectivity index (χ0) is 35.3. The van der Waals surface area contributed by atoms with Gasteiger partial charge >= 0.3 is 0 Å². The van der Waals surface area contributed by atoms with Crippen molar-refractivity contribution in [2.24, 2.45) is 0 Å². The van der Waals surface area contributed by atoms with Crippen molar-refractivity contribution in [3.8, 4) is 22.6 Å². The van der Waals surface area contributed by atoms with Crippen LogP contribution in [0.15, 0.2) is 152 Å². The van der Waals surface area contributed by atoms with Gasteiger partial charge in [0, 0.05) is 67.5 Å². The van der Waals surface area contributed by atoms with Crippen molar-refractivity contribution in [2.45, 2.75) is 50.5 Å². The molecule has 2 unspecified atom stereocenters. The Morgan fingerprint density at radius 2 is 1.11 bits per heavy atom. The molecule has 0 saturated heterocycles. The summed E-state index contributed by atoms with van der Waals surface area (Å²) in [6.07, 6.45) is 8.62. The molecule has 256 valence electrons. The number of benzene rings is 5. The molecule has 5 nitrogen and oxygen atoms in total. The highest BCUT2D eigenvalue weighted by Gasteiger charge is 2.58. The van der Waals surface area contributed by atoms with Crippen molar-refractivity contribution in [2.75, 3.05) is 4.90 Å². The molecule has 1 aliphatic carbocycles. The highest BCUT2D eigenvalue weighted by atomic mass is 15.3. The van der Waals surface area contributed by atoms with Crippen LogP contribution in [0, 0.1) is 0 Å². The first-order valence-corrected chi connectivity index (χ1v) is 18.9. The van der Waals surface area contributed by atoms with Crippen molar-refractivity contribution in [1.82, 2.24) is 19.1 Å². The van der Waals surface area contributed by atoms with Gasteiger partial charge in [0.2, 0.25) is 0 Å². The lowest BCUT2D eigenvalue weighted by Gasteiger charge is -2.50. The second kappa shape index (κ2) is 11.1. The van der Waals surface area contributed by atoms with E-state index in [0.717, 1.165) is 34.9 Å². The molecule has 0 N–H and O–H groups in total. The van der Waals surface area contributed by atoms with Crippen LogP contribution in [0.5, 0.6) is 0 Å². The largest absolute Gasteiger partial charge is 0.319 e. The molecule has 53 heavy (non-hydrogen) atoms. The quantitative estimate of drug-likeness (QED) is 0.185. The maximum Gasteiger partial charge on any atom is 0.137 e. The molecule has 4 aromatic heterocycles. The maximum absolute atomic E-state index is 5.08. The van der Waals surface area contributed by atoms with Gasteiger partial charge < -0.3 is 14.0 Å². The summed E-state index contributed by atoms with van der Waals surface area (Å²) < 4.78 is 4.85. The molecule has 0 radical (unpaired) electrons. The minimum absolute atomic E-state index is 0.0351. The summed E-state index contributed by atoms with van der Waals surface area (Å²) >= 11 is 0. The van der Waals surface area contributed by atoms with Crippen LogP contribution < -0.4 is 4.90 Å². The smallest absolute Gasteiger partial charge is 0.137 e. The van der Waals surface area contributed by atoms with Crippen molar-refractivity contribution < 1.29 is 0 Å². The molecule has 0 bridgehead atoms. The van der Waals surface area contributed by atoms with Gasteiger partial charge in [-0.3, -0.25) is 4.98 Å². The topological polar surface area (TPSA) is 38.9 Å². The van der Waals surface area contributed by atoms with Crippen LogP contribution in [-0.4, -0.2) is 24.6 Å². The molecule has 1 aliphatic heterocycles. The van der Waals surface area contributed by atoms with Gasteiger partial charge in [-0.05, 0) is 98.6 Å². The van der Waals surface area contributed by atoms with E-state index in [1.54, 1.807) is 0 Å². The van der Waals surface area contributed by atoms with Crippen LogP contribution in [0.3, 0.4) is 0 Å². The Morgan fingerprint density at radius 3 is 1.85 bits per heavy atom. The van der Waals surface area contributed by atoms with E-state index in [1.165, 1.54) is 74.1 Å². The molecule has 2 aliphatic rings. The number of anilines is 2. The number of pyridine rings is 2. The number of aromatic nitrogens is 4. The zero-order valence-corrected chi connectivity index (χ0v) is 30.0. The van der Waals surface area contributed by atoms with Crippen LogP contribution in [0.25, 0.3) is 66.2 Å². The lowest BCUT2D eigenvalue weighted by atomic mass is 9.61. The summed E-state index contributed by atoms with van der Waals surface area (Å²) in [6, 6.07) is 51.0. The van der Waals surface area contributed by atoms with E-state index in [0.29, 0.717) is 0 Å². The lowest BCUT2D eigenvalue weighted by Crippen LogP contribution is -2.54. The Morgan fingerprint density at radius 1 is 0.491 bits per heavy atom. The molecular formula is C48H39N5. The van der Waals surface area contributed by atoms with Crippen LogP contribution in [0.4, 0.5) is 11.5 Å². The third-order valence-electron chi connectivity index (χ3n) is 12.8. The van der Waals surface area contributed by atoms with Crippen LogP contribution >= 0.6 is 0 Å². The molecule has 11 rings (SSSR count). The first-order valence-electron chi connectivity index (χ1n) is 18.9. The number of fused-ring (bicyclic) bond motifs is 9. The molecule has 0 spiro atoms. The molecule has 0 amide bonds. The molecule has 2 atom stereocenters. The molecule has 5 heterocycles. The highest BCUT2D eigenvalue weighted by molar-refractivity contribution is 6.13. The predicted octanol–water partition coefficient (Wildman–Crippen LogP) is 12.1. The second-order valence-corrected chi connectivity index (χ2v) is 15.4. The SMILES string of the molecule is CC12CCCCC1(C)N(c1ccc3c(c1)c1cc(-n4c5ccccc5c5ccccc54)ccc1n3-c1cccc(-c3ccccn3)c1)c1ncccc12. The summed E-state index contributed by atoms with van der Waals surface area (Å²) in [5.74, 6) is 1.11. The number of nitrogens with zero attached hydrogens (tertiary/aromatic N) is 5. The van der Waals surface area contributed by atoms with E-state index in [1.807, 2.05) is 18.5 Å². The normalized spacial score (nSPS) is 19.7. The van der Waals surface area contributed by atoms with E-state index >= 15 is 0 Å². The predicted molar refractivity (Wildman–Crippen MR) is 219 cm³/mol. The minimum atomic E-state index is -0.0703. The monoisotopic (exact) mass is 685 g/mol. The zero-order valence-electron chi connectivity index (χ0n) is 30.0. The molecule has 5 heteroatoms. The van der Waals surface area contributed by atoms with Gasteiger partial charge in [-0.1, -0.05) is 80.4 Å². The van der Waals surface area contributed by atoms with Crippen molar-refractivity contribution in [3.05, 3.63) is 157 Å². The van der Waals surface area contributed by atoms with Gasteiger partial charge in [-0.25, -0.2) is 4.98 Å². The third kappa shape index (κ3) is 4.19. The van der Waals surface area contributed by atoms with Crippen LogP contribution in [0.2, 0.25) is 0 Å². The summed E-state index contributed by atoms with van der Waals surface area (Å²) in [7, 11) is 0. The van der Waals surface area contributed by atoms with Gasteiger partial charge in [-0.2, -0.15) is 0 Å². The minimum Gasteiger partial charge on any atom is -0.319 e. The first-order chi connectivity index (χ1) is 26.0. The number of rotatable bonds is 4. The lowest BCUT2D eigenvalue weighted by molar-refractivity contribution is 0.195. The van der Waals surface area contributed by atoms with E-state index in [9.17, 15) is 0 Å². The van der Waals surface area contributed by atoms with Gasteiger partial charge in [0.15, 0.2) is 0 Å². The average molecular weight is 686 g/mol. The van der Waals surface area contributed by atoms with Crippen LogP contribution in [0.1, 0.15) is 45.1 Å². The number of hydrogen-bond acceptors (Lipinski definition) is 3. The van der Waals surface area contributed by atoms with Crippen LogP contribution in [-0.2, 0) is 5.41 Å². The van der Waals surface area contributed by atoms with E-state index < -0.39 is 0 Å². The van der Waals surface area contributed by atoms with Gasteiger partial charge in [0.25, 0.3) is 0 Å². The molecule has 5 aromatic carbocycles. The Bertz CT molecular complexity index is 2850.